The van der Waals surface area contributed by atoms with Crippen molar-refractivity contribution in [2.24, 2.45) is 5.92 Å². The molecule has 0 saturated carbocycles. The molecule has 5 nitrogen and oxygen atoms in total. The van der Waals surface area contributed by atoms with Crippen molar-refractivity contribution < 1.29 is 9.18 Å². The van der Waals surface area contributed by atoms with E-state index >= 15 is 0 Å². The quantitative estimate of drug-likeness (QED) is 0.328. The summed E-state index contributed by atoms with van der Waals surface area (Å²) in [6.45, 7) is 8.52. The van der Waals surface area contributed by atoms with Crippen molar-refractivity contribution >= 4 is 16.8 Å². The van der Waals surface area contributed by atoms with Gasteiger partial charge in [-0.05, 0) is 74.2 Å². The van der Waals surface area contributed by atoms with Crippen LogP contribution in [-0.4, -0.2) is 26.9 Å². The van der Waals surface area contributed by atoms with Crippen LogP contribution in [0.4, 0.5) is 4.39 Å². The first-order chi connectivity index (χ1) is 16.8. The number of aryl methyl sites for hydroxylation is 1. The molecule has 1 aromatic heterocycles. The van der Waals surface area contributed by atoms with Gasteiger partial charge in [0, 0.05) is 12.1 Å². The number of nitrogens with zero attached hydrogens (tertiary/aromatic N) is 3. The van der Waals surface area contributed by atoms with Crippen LogP contribution in [0.5, 0.6) is 0 Å². The van der Waals surface area contributed by atoms with Crippen molar-refractivity contribution in [3.63, 3.8) is 0 Å². The van der Waals surface area contributed by atoms with Gasteiger partial charge < -0.3 is 4.90 Å². The van der Waals surface area contributed by atoms with Crippen LogP contribution in [0.2, 0.25) is 0 Å². The summed E-state index contributed by atoms with van der Waals surface area (Å²) in [6.07, 6.45) is 0.777. The minimum absolute atomic E-state index is 0.176. The standard InChI is InChI=1S/C29H30FN3O2/c1-19(2)17-18-32(28(34)22-13-15-23(30)16-14-22)21(4)27-31-25-11-7-6-10-24(25)29(35)33(27)26-12-8-5-9-20(26)3/h5-16,19,21H,17-18H2,1-4H3. The first-order valence-corrected chi connectivity index (χ1v) is 11.9. The van der Waals surface area contributed by atoms with Gasteiger partial charge >= 0.3 is 0 Å². The third-order valence-electron chi connectivity index (χ3n) is 6.30. The maximum atomic E-state index is 13.8. The highest BCUT2D eigenvalue weighted by Gasteiger charge is 2.28. The van der Waals surface area contributed by atoms with Gasteiger partial charge in [0.15, 0.2) is 0 Å². The van der Waals surface area contributed by atoms with Crippen molar-refractivity contribution in [2.75, 3.05) is 6.54 Å². The molecule has 1 atom stereocenters. The van der Waals surface area contributed by atoms with E-state index in [0.29, 0.717) is 34.8 Å². The molecule has 180 valence electrons. The van der Waals surface area contributed by atoms with Crippen molar-refractivity contribution in [1.29, 1.82) is 0 Å². The number of carbonyl (C=O) groups is 1. The molecule has 35 heavy (non-hydrogen) atoms. The third kappa shape index (κ3) is 5.02. The molecule has 1 heterocycles. The molecule has 1 amide bonds. The van der Waals surface area contributed by atoms with Crippen LogP contribution in [-0.2, 0) is 0 Å². The van der Waals surface area contributed by atoms with E-state index in [4.69, 9.17) is 4.98 Å². The van der Waals surface area contributed by atoms with E-state index in [0.717, 1.165) is 17.7 Å². The molecule has 0 aliphatic heterocycles. The summed E-state index contributed by atoms with van der Waals surface area (Å²) in [5.74, 6) is 0.237. The van der Waals surface area contributed by atoms with E-state index in [2.05, 4.69) is 13.8 Å². The Kier molecular flexibility index (Phi) is 7.10. The summed E-state index contributed by atoms with van der Waals surface area (Å²) < 4.78 is 15.2. The number of fused-ring (bicyclic) bond motifs is 1. The highest BCUT2D eigenvalue weighted by molar-refractivity contribution is 5.94. The predicted octanol–water partition coefficient (Wildman–Crippen LogP) is 6.08. The Morgan fingerprint density at radius 3 is 2.31 bits per heavy atom. The van der Waals surface area contributed by atoms with Crippen molar-refractivity contribution in [3.05, 3.63) is 106 Å². The second-order valence-electron chi connectivity index (χ2n) is 9.28. The van der Waals surface area contributed by atoms with Crippen LogP contribution in [0.15, 0.2) is 77.6 Å². The molecule has 1 unspecified atom stereocenters. The van der Waals surface area contributed by atoms with Crippen molar-refractivity contribution in [2.45, 2.75) is 40.2 Å². The lowest BCUT2D eigenvalue weighted by Crippen LogP contribution is -2.38. The summed E-state index contributed by atoms with van der Waals surface area (Å²) >= 11 is 0. The Morgan fingerprint density at radius 1 is 0.971 bits per heavy atom. The van der Waals surface area contributed by atoms with E-state index in [1.165, 1.54) is 24.3 Å². The molecule has 0 spiro atoms. The van der Waals surface area contributed by atoms with Gasteiger partial charge in [-0.3, -0.25) is 14.2 Å². The molecular weight excluding hydrogens is 441 g/mol. The number of hydrogen-bond donors (Lipinski definition) is 0. The van der Waals surface area contributed by atoms with Crippen LogP contribution < -0.4 is 5.56 Å². The monoisotopic (exact) mass is 471 g/mol. The van der Waals surface area contributed by atoms with Gasteiger partial charge in [0.05, 0.1) is 22.6 Å². The third-order valence-corrected chi connectivity index (χ3v) is 6.30. The topological polar surface area (TPSA) is 55.2 Å². The average molecular weight is 472 g/mol. The van der Waals surface area contributed by atoms with Crippen LogP contribution in [0, 0.1) is 18.7 Å². The fraction of sp³-hybridized carbons (Fsp3) is 0.276. The SMILES string of the molecule is Cc1ccccc1-n1c(C(C)N(CCC(C)C)C(=O)c2ccc(F)cc2)nc2ccccc2c1=O. The summed E-state index contributed by atoms with van der Waals surface area (Å²) in [5, 5.41) is 0.519. The van der Waals surface area contributed by atoms with Gasteiger partial charge in [-0.15, -0.1) is 0 Å². The first kappa shape index (κ1) is 24.3. The van der Waals surface area contributed by atoms with Gasteiger partial charge in [0.1, 0.15) is 11.6 Å². The highest BCUT2D eigenvalue weighted by atomic mass is 19.1. The lowest BCUT2D eigenvalue weighted by molar-refractivity contribution is 0.0671. The highest BCUT2D eigenvalue weighted by Crippen LogP contribution is 2.26. The van der Waals surface area contributed by atoms with E-state index in [-0.39, 0.29) is 11.5 Å². The van der Waals surface area contributed by atoms with Gasteiger partial charge in [0.2, 0.25) is 0 Å². The average Bonchev–Trinajstić information content (AvgIpc) is 2.85. The number of para-hydroxylation sites is 2. The largest absolute Gasteiger partial charge is 0.329 e. The molecule has 0 fully saturated rings. The zero-order valence-corrected chi connectivity index (χ0v) is 20.5. The van der Waals surface area contributed by atoms with Crippen LogP contribution in [0.3, 0.4) is 0 Å². The molecule has 0 bridgehead atoms. The Bertz CT molecular complexity index is 1410. The Labute approximate surface area is 204 Å². The number of rotatable bonds is 7. The van der Waals surface area contributed by atoms with Gasteiger partial charge in [-0.25, -0.2) is 9.37 Å². The molecule has 0 N–H and O–H groups in total. The molecule has 4 rings (SSSR count). The Balaban J connectivity index is 1.91. The maximum absolute atomic E-state index is 13.8. The molecule has 0 saturated heterocycles. The second kappa shape index (κ2) is 10.2. The molecular formula is C29H30FN3O2. The number of benzene rings is 3. The maximum Gasteiger partial charge on any atom is 0.266 e. The van der Waals surface area contributed by atoms with Crippen LogP contribution in [0.25, 0.3) is 16.6 Å². The van der Waals surface area contributed by atoms with Gasteiger partial charge in [-0.1, -0.05) is 44.2 Å². The Morgan fingerprint density at radius 2 is 1.63 bits per heavy atom. The van der Waals surface area contributed by atoms with Crippen molar-refractivity contribution in [3.8, 4) is 5.69 Å². The fourth-order valence-corrected chi connectivity index (χ4v) is 4.24. The smallest absolute Gasteiger partial charge is 0.266 e. The summed E-state index contributed by atoms with van der Waals surface area (Å²) in [4.78, 5) is 34.0. The lowest BCUT2D eigenvalue weighted by atomic mass is 10.1. The molecule has 6 heteroatoms. The summed E-state index contributed by atoms with van der Waals surface area (Å²) in [7, 11) is 0. The number of aromatic nitrogens is 2. The molecule has 0 radical (unpaired) electrons. The van der Waals surface area contributed by atoms with Gasteiger partial charge in [-0.2, -0.15) is 0 Å². The van der Waals surface area contributed by atoms with E-state index < -0.39 is 11.9 Å². The predicted molar refractivity (Wildman–Crippen MR) is 137 cm³/mol. The fourth-order valence-electron chi connectivity index (χ4n) is 4.24. The zero-order chi connectivity index (χ0) is 25.1. The Hall–Kier alpha value is -3.80. The van der Waals surface area contributed by atoms with Crippen molar-refractivity contribution in [1.82, 2.24) is 14.5 Å². The minimum atomic E-state index is -0.511. The number of halogens is 1. The van der Waals surface area contributed by atoms with Crippen LogP contribution in [0.1, 0.15) is 55.0 Å². The molecule has 3 aromatic carbocycles. The van der Waals surface area contributed by atoms with E-state index in [1.807, 2.05) is 56.3 Å². The molecule has 0 aliphatic rings. The summed E-state index contributed by atoms with van der Waals surface area (Å²) in [6, 6.07) is 20.0. The first-order valence-electron chi connectivity index (χ1n) is 11.9. The van der Waals surface area contributed by atoms with Gasteiger partial charge in [0.25, 0.3) is 11.5 Å². The molecule has 4 aromatic rings. The number of hydrogen-bond acceptors (Lipinski definition) is 3. The second-order valence-corrected chi connectivity index (χ2v) is 9.28. The minimum Gasteiger partial charge on any atom is -0.329 e. The summed E-state index contributed by atoms with van der Waals surface area (Å²) in [5.41, 5.74) is 2.47. The zero-order valence-electron chi connectivity index (χ0n) is 20.5. The molecule has 0 aliphatic carbocycles. The van der Waals surface area contributed by atoms with E-state index in [1.54, 1.807) is 15.5 Å². The normalized spacial score (nSPS) is 12.2. The lowest BCUT2D eigenvalue weighted by Gasteiger charge is -2.31. The number of carbonyl (C=O) groups excluding carboxylic acids is 1. The number of amides is 1. The van der Waals surface area contributed by atoms with Crippen LogP contribution >= 0.6 is 0 Å². The van der Waals surface area contributed by atoms with E-state index in [9.17, 15) is 14.0 Å².